The Balaban J connectivity index is 2.07. The maximum absolute atomic E-state index is 12.8. The van der Waals surface area contributed by atoms with Crippen LogP contribution in [-0.2, 0) is 11.3 Å². The van der Waals surface area contributed by atoms with E-state index in [1.807, 2.05) is 36.5 Å². The highest BCUT2D eigenvalue weighted by atomic mass is 16.5. The molecule has 1 aromatic carbocycles. The van der Waals surface area contributed by atoms with Gasteiger partial charge >= 0.3 is 5.97 Å². The molecule has 0 fully saturated rings. The van der Waals surface area contributed by atoms with Crippen molar-refractivity contribution in [2.75, 3.05) is 13.7 Å². The minimum Gasteiger partial charge on any atom is -0.497 e. The molecule has 0 saturated carbocycles. The van der Waals surface area contributed by atoms with Gasteiger partial charge in [0.05, 0.1) is 25.0 Å². The highest BCUT2D eigenvalue weighted by Gasteiger charge is 2.27. The summed E-state index contributed by atoms with van der Waals surface area (Å²) in [7, 11) is 1.63. The molecule has 2 rings (SSSR count). The van der Waals surface area contributed by atoms with Gasteiger partial charge in [-0.2, -0.15) is 0 Å². The molecule has 6 heteroatoms. The minimum atomic E-state index is -0.396. The van der Waals surface area contributed by atoms with Crippen molar-refractivity contribution >= 4 is 11.8 Å². The number of esters is 1. The Bertz CT molecular complexity index is 778. The van der Waals surface area contributed by atoms with Gasteiger partial charge in [0.1, 0.15) is 18.3 Å². The molecule has 1 atom stereocenters. The van der Waals surface area contributed by atoms with Crippen LogP contribution in [0, 0.1) is 13.8 Å². The van der Waals surface area contributed by atoms with Crippen molar-refractivity contribution in [3.05, 3.63) is 52.3 Å². The van der Waals surface area contributed by atoms with E-state index in [9.17, 15) is 9.59 Å². The van der Waals surface area contributed by atoms with E-state index in [4.69, 9.17) is 9.47 Å². The van der Waals surface area contributed by atoms with Crippen LogP contribution in [0.25, 0.3) is 0 Å². The van der Waals surface area contributed by atoms with E-state index in [0.29, 0.717) is 35.7 Å². The first kappa shape index (κ1) is 19.7. The average Bonchev–Trinajstić information content (AvgIpc) is 2.94. The van der Waals surface area contributed by atoms with Crippen molar-refractivity contribution in [2.45, 2.75) is 40.3 Å². The Morgan fingerprint density at radius 3 is 2.42 bits per heavy atom. The summed E-state index contributed by atoms with van der Waals surface area (Å²) in [5.74, 6) is 0.379. The molecular formula is C20H27N2O4+. The van der Waals surface area contributed by atoms with Crippen LogP contribution in [0.15, 0.2) is 24.3 Å². The highest BCUT2D eigenvalue weighted by Crippen LogP contribution is 2.20. The largest absolute Gasteiger partial charge is 0.497 e. The van der Waals surface area contributed by atoms with Gasteiger partial charge in [0.2, 0.25) is 5.78 Å². The predicted molar refractivity (Wildman–Crippen MR) is 98.6 cm³/mol. The van der Waals surface area contributed by atoms with E-state index in [1.54, 1.807) is 27.9 Å². The SMILES string of the molecule is CCOC(=O)c1c(C)[nH]c(C(=O)[C@H](C)[NH2+]Cc2ccc(OC)cc2)c1C. The van der Waals surface area contributed by atoms with Crippen molar-refractivity contribution in [3.63, 3.8) is 0 Å². The third-order valence-corrected chi connectivity index (χ3v) is 4.44. The monoisotopic (exact) mass is 359 g/mol. The number of aromatic amines is 1. The van der Waals surface area contributed by atoms with Crippen LogP contribution in [0.1, 0.15) is 51.5 Å². The number of Topliss-reactive ketones (excluding diaryl/α,β-unsaturated/α-hetero) is 1. The van der Waals surface area contributed by atoms with Gasteiger partial charge < -0.3 is 19.8 Å². The lowest BCUT2D eigenvalue weighted by Gasteiger charge is -2.10. The summed E-state index contributed by atoms with van der Waals surface area (Å²) in [6, 6.07) is 7.49. The van der Waals surface area contributed by atoms with Crippen molar-refractivity contribution < 1.29 is 24.4 Å². The summed E-state index contributed by atoms with van der Waals surface area (Å²) >= 11 is 0. The predicted octanol–water partition coefficient (Wildman–Crippen LogP) is 2.15. The summed E-state index contributed by atoms with van der Waals surface area (Å²) in [6.07, 6.45) is 0. The summed E-state index contributed by atoms with van der Waals surface area (Å²) in [5, 5.41) is 1.98. The number of methoxy groups -OCH3 is 1. The first-order valence-electron chi connectivity index (χ1n) is 8.75. The van der Waals surface area contributed by atoms with E-state index < -0.39 is 5.97 Å². The number of quaternary nitrogens is 1. The number of aromatic nitrogens is 1. The number of ether oxygens (including phenoxy) is 2. The van der Waals surface area contributed by atoms with Crippen molar-refractivity contribution in [3.8, 4) is 5.75 Å². The molecule has 6 nitrogen and oxygen atoms in total. The third kappa shape index (κ3) is 4.32. The molecule has 0 radical (unpaired) electrons. The van der Waals surface area contributed by atoms with E-state index in [0.717, 1.165) is 11.3 Å². The lowest BCUT2D eigenvalue weighted by Crippen LogP contribution is -2.89. The number of H-pyrrole nitrogens is 1. The molecule has 26 heavy (non-hydrogen) atoms. The van der Waals surface area contributed by atoms with Gasteiger partial charge in [0.15, 0.2) is 0 Å². The first-order valence-corrected chi connectivity index (χ1v) is 8.75. The number of nitrogens with two attached hydrogens (primary N) is 1. The van der Waals surface area contributed by atoms with Crippen molar-refractivity contribution in [1.29, 1.82) is 0 Å². The average molecular weight is 359 g/mol. The van der Waals surface area contributed by atoms with E-state index >= 15 is 0 Å². The quantitative estimate of drug-likeness (QED) is 0.559. The van der Waals surface area contributed by atoms with Gasteiger partial charge in [-0.1, -0.05) is 0 Å². The zero-order chi connectivity index (χ0) is 19.3. The maximum Gasteiger partial charge on any atom is 0.340 e. The van der Waals surface area contributed by atoms with Crippen LogP contribution in [-0.4, -0.2) is 36.5 Å². The normalized spacial score (nSPS) is 11.9. The van der Waals surface area contributed by atoms with E-state index in [-0.39, 0.29) is 11.8 Å². The fraction of sp³-hybridized carbons (Fsp3) is 0.400. The third-order valence-electron chi connectivity index (χ3n) is 4.44. The van der Waals surface area contributed by atoms with E-state index in [1.165, 1.54) is 0 Å². The molecule has 0 amide bonds. The van der Waals surface area contributed by atoms with Crippen LogP contribution >= 0.6 is 0 Å². The second-order valence-electron chi connectivity index (χ2n) is 6.29. The summed E-state index contributed by atoms with van der Waals surface area (Å²) in [5.41, 5.74) is 3.35. The van der Waals surface area contributed by atoms with Gasteiger partial charge in [-0.15, -0.1) is 0 Å². The fourth-order valence-corrected chi connectivity index (χ4v) is 2.92. The fourth-order valence-electron chi connectivity index (χ4n) is 2.92. The molecule has 0 saturated heterocycles. The molecule has 2 aromatic rings. The number of ketones is 1. The summed E-state index contributed by atoms with van der Waals surface area (Å²) < 4.78 is 10.2. The molecule has 3 N–H and O–H groups in total. The molecule has 0 aliphatic heterocycles. The Labute approximate surface area is 153 Å². The smallest absolute Gasteiger partial charge is 0.340 e. The van der Waals surface area contributed by atoms with Gasteiger partial charge in [-0.25, -0.2) is 4.79 Å². The standard InChI is InChI=1S/C20H26N2O4/c1-6-26-20(24)17-12(2)18(22-13(17)3)19(23)14(4)21-11-15-7-9-16(25-5)10-8-15/h7-10,14,21-22H,6,11H2,1-5H3/p+1/t14-/m0/s1. The maximum atomic E-state index is 12.8. The molecule has 1 aromatic heterocycles. The van der Waals surface area contributed by atoms with Crippen LogP contribution in [0.4, 0.5) is 0 Å². The first-order chi connectivity index (χ1) is 12.4. The number of aryl methyl sites for hydroxylation is 1. The second kappa shape index (κ2) is 8.67. The molecule has 1 heterocycles. The number of carbonyl (C=O) groups excluding carboxylic acids is 2. The number of hydrogen-bond donors (Lipinski definition) is 2. The topological polar surface area (TPSA) is 85.0 Å². The number of nitrogens with one attached hydrogen (secondary N) is 1. The van der Waals surface area contributed by atoms with Gasteiger partial charge in [0.25, 0.3) is 0 Å². The molecule has 0 bridgehead atoms. The Kier molecular flexibility index (Phi) is 6.58. The van der Waals surface area contributed by atoms with Gasteiger partial charge in [-0.3, -0.25) is 4.79 Å². The summed E-state index contributed by atoms with van der Waals surface area (Å²) in [4.78, 5) is 27.9. The van der Waals surface area contributed by atoms with Crippen molar-refractivity contribution in [1.82, 2.24) is 4.98 Å². The molecular weight excluding hydrogens is 332 g/mol. The lowest BCUT2D eigenvalue weighted by atomic mass is 10.0. The Hall–Kier alpha value is -2.60. The van der Waals surface area contributed by atoms with Crippen LogP contribution < -0.4 is 10.1 Å². The molecule has 0 aliphatic rings. The Morgan fingerprint density at radius 1 is 1.19 bits per heavy atom. The molecule has 0 spiro atoms. The molecule has 0 aliphatic carbocycles. The number of benzene rings is 1. The zero-order valence-corrected chi connectivity index (χ0v) is 16.0. The lowest BCUT2D eigenvalue weighted by molar-refractivity contribution is -0.687. The minimum absolute atomic E-state index is 0.0327. The zero-order valence-electron chi connectivity index (χ0n) is 16.0. The highest BCUT2D eigenvalue weighted by molar-refractivity contribution is 6.03. The number of hydrogen-bond acceptors (Lipinski definition) is 4. The number of rotatable bonds is 8. The van der Waals surface area contributed by atoms with Gasteiger partial charge in [0, 0.05) is 11.3 Å². The number of carbonyl (C=O) groups is 2. The summed E-state index contributed by atoms with van der Waals surface area (Å²) in [6.45, 7) is 8.17. The van der Waals surface area contributed by atoms with Gasteiger partial charge in [-0.05, 0) is 57.5 Å². The van der Waals surface area contributed by atoms with Crippen LogP contribution in [0.3, 0.4) is 0 Å². The van der Waals surface area contributed by atoms with E-state index in [2.05, 4.69) is 4.98 Å². The second-order valence-corrected chi connectivity index (χ2v) is 6.29. The van der Waals surface area contributed by atoms with Crippen LogP contribution in [0.2, 0.25) is 0 Å². The van der Waals surface area contributed by atoms with Crippen molar-refractivity contribution in [2.24, 2.45) is 0 Å². The molecule has 140 valence electrons. The molecule has 0 unspecified atom stereocenters. The van der Waals surface area contributed by atoms with Crippen LogP contribution in [0.5, 0.6) is 5.75 Å². The Morgan fingerprint density at radius 2 is 1.85 bits per heavy atom.